The van der Waals surface area contributed by atoms with Gasteiger partial charge in [0.2, 0.25) is 0 Å². The smallest absolute Gasteiger partial charge is 1.00 e. The Bertz CT molecular complexity index is 1790. The summed E-state index contributed by atoms with van der Waals surface area (Å²) in [6, 6.07) is 33.7. The number of benzene rings is 4. The van der Waals surface area contributed by atoms with E-state index in [9.17, 15) is 0 Å². The fraction of sp³-hybridized carbons (Fsp3) is 0.348. The van der Waals surface area contributed by atoms with Gasteiger partial charge < -0.3 is 24.8 Å². The van der Waals surface area contributed by atoms with Crippen LogP contribution in [0.3, 0.4) is 0 Å². The van der Waals surface area contributed by atoms with E-state index < -0.39 is 0 Å². The topological polar surface area (TPSA) is 0 Å². The molecule has 0 N–H and O–H groups in total. The van der Waals surface area contributed by atoms with Crippen LogP contribution in [0.25, 0.3) is 43.8 Å². The van der Waals surface area contributed by atoms with E-state index in [1.807, 2.05) is 0 Å². The minimum atomic E-state index is 0. The van der Waals surface area contributed by atoms with Crippen LogP contribution >= 0.6 is 0 Å². The van der Waals surface area contributed by atoms with Crippen LogP contribution in [0.15, 0.2) is 109 Å². The van der Waals surface area contributed by atoms with Crippen molar-refractivity contribution in [3.05, 3.63) is 126 Å². The molecule has 0 radical (unpaired) electrons. The molecule has 5 aromatic rings. The fourth-order valence-corrected chi connectivity index (χ4v) is 6.11. The molecule has 0 amide bonds. The SMILES string of the molecule is CC(C)(C)c1cc2c(cc1-c1ccccc1)[cH-]c1cc(-c3ccccc3)c(C(C)(C)C)cc12.CC1[C-]=CC(C(C)(C)C)=C1.C[C](C)=[Zr+2].[Cl-].[Cl-]. The summed E-state index contributed by atoms with van der Waals surface area (Å²) in [5, 5.41) is 5.36. The molecule has 0 saturated heterocycles. The Kier molecular flexibility index (Phi) is 15.0. The van der Waals surface area contributed by atoms with E-state index in [-0.39, 0.29) is 35.6 Å². The third-order valence-corrected chi connectivity index (χ3v) is 8.56. The Balaban J connectivity index is 0.000000439. The molecule has 0 spiro atoms. The Morgan fingerprint density at radius 2 is 0.980 bits per heavy atom. The zero-order valence-corrected chi connectivity index (χ0v) is 35.6. The number of allylic oxidation sites excluding steroid dienone is 4. The predicted octanol–water partition coefficient (Wildman–Crippen LogP) is 7.36. The summed E-state index contributed by atoms with van der Waals surface area (Å²) in [6.45, 7) is 27.0. The molecule has 49 heavy (non-hydrogen) atoms. The summed E-state index contributed by atoms with van der Waals surface area (Å²) in [4.78, 5) is 0. The van der Waals surface area contributed by atoms with Crippen molar-refractivity contribution >= 4 is 24.8 Å². The molecule has 0 bridgehead atoms. The molecule has 0 fully saturated rings. The first-order chi connectivity index (χ1) is 21.9. The van der Waals surface area contributed by atoms with Crippen molar-refractivity contribution in [1.29, 1.82) is 0 Å². The van der Waals surface area contributed by atoms with Gasteiger partial charge in [-0.25, -0.2) is 6.08 Å². The maximum Gasteiger partial charge on any atom is -1.00 e. The van der Waals surface area contributed by atoms with E-state index in [0.717, 1.165) is 0 Å². The molecular formula is C46H54Cl2Zr-2. The van der Waals surface area contributed by atoms with Gasteiger partial charge in [-0.05, 0) is 44.2 Å². The van der Waals surface area contributed by atoms with Crippen molar-refractivity contribution in [3.8, 4) is 22.3 Å². The predicted molar refractivity (Wildman–Crippen MR) is 206 cm³/mol. The quantitative estimate of drug-likeness (QED) is 0.165. The Hall–Kier alpha value is -2.44. The zero-order valence-electron chi connectivity index (χ0n) is 31.6. The summed E-state index contributed by atoms with van der Waals surface area (Å²) >= 11 is 1.55. The van der Waals surface area contributed by atoms with E-state index in [1.54, 1.807) is 24.2 Å². The van der Waals surface area contributed by atoms with Crippen molar-refractivity contribution in [2.45, 2.75) is 93.9 Å². The van der Waals surface area contributed by atoms with Gasteiger partial charge in [0, 0.05) is 0 Å². The third-order valence-electron chi connectivity index (χ3n) is 8.56. The largest absolute Gasteiger partial charge is 1.00 e. The molecule has 3 heteroatoms. The number of fused-ring (bicyclic) bond motifs is 3. The van der Waals surface area contributed by atoms with Gasteiger partial charge in [-0.3, -0.25) is 6.08 Å². The van der Waals surface area contributed by atoms with Crippen molar-refractivity contribution in [3.63, 3.8) is 0 Å². The van der Waals surface area contributed by atoms with Crippen LogP contribution in [0.5, 0.6) is 0 Å². The number of hydrogen-bond acceptors (Lipinski definition) is 0. The van der Waals surface area contributed by atoms with E-state index >= 15 is 0 Å². The van der Waals surface area contributed by atoms with E-state index in [2.05, 4.69) is 192 Å². The summed E-state index contributed by atoms with van der Waals surface area (Å²) < 4.78 is 1.51. The number of rotatable bonds is 2. The first kappa shape index (κ1) is 42.7. The molecule has 0 heterocycles. The van der Waals surface area contributed by atoms with Crippen LogP contribution in [0.1, 0.15) is 94.2 Å². The fourth-order valence-electron chi connectivity index (χ4n) is 6.11. The van der Waals surface area contributed by atoms with Gasteiger partial charge in [0.1, 0.15) is 0 Å². The second-order valence-corrected chi connectivity index (χ2v) is 18.8. The summed E-state index contributed by atoms with van der Waals surface area (Å²) in [5.74, 6) is 0.522. The average molecular weight is 769 g/mol. The van der Waals surface area contributed by atoms with Crippen molar-refractivity contribution in [2.24, 2.45) is 11.3 Å². The molecule has 0 aromatic heterocycles. The molecule has 1 unspecified atom stereocenters. The maximum atomic E-state index is 3.26. The van der Waals surface area contributed by atoms with Crippen LogP contribution in [-0.4, -0.2) is 3.21 Å². The van der Waals surface area contributed by atoms with Crippen molar-refractivity contribution < 1.29 is 49.0 Å². The van der Waals surface area contributed by atoms with Crippen molar-refractivity contribution in [1.82, 2.24) is 0 Å². The summed E-state index contributed by atoms with van der Waals surface area (Å²) in [6.07, 6.45) is 7.65. The summed E-state index contributed by atoms with van der Waals surface area (Å²) in [5.41, 5.74) is 9.88. The van der Waals surface area contributed by atoms with Crippen LogP contribution in [0.2, 0.25) is 0 Å². The minimum absolute atomic E-state index is 0. The van der Waals surface area contributed by atoms with Crippen LogP contribution in [-0.2, 0) is 35.1 Å². The van der Waals surface area contributed by atoms with Gasteiger partial charge in [0.25, 0.3) is 0 Å². The zero-order chi connectivity index (χ0) is 34.7. The molecule has 258 valence electrons. The van der Waals surface area contributed by atoms with Gasteiger partial charge in [-0.2, -0.15) is 11.6 Å². The maximum absolute atomic E-state index is 3.26. The molecule has 1 aliphatic carbocycles. The number of halogens is 2. The molecule has 0 nitrogen and oxygen atoms in total. The normalized spacial score (nSPS) is 14.2. The Labute approximate surface area is 325 Å². The van der Waals surface area contributed by atoms with Crippen LogP contribution in [0, 0.1) is 17.4 Å². The standard InChI is InChI=1S/C33H33.C10H15.C3H6.2ClH.Zr/c1-32(2,3)30-20-26-24(18-28(30)22-13-9-7-10-14-22)17-25-19-29(23-15-11-8-12-16-23)31(21-27(25)26)33(4,5)6;1-8-5-6-9(7-8)10(2,3)4;1-3-2;;;/h7-21H,1-6H3;6-8H,1-4H3;1-2H3;2*1H;/q2*-1;;;;+2/p-2. The van der Waals surface area contributed by atoms with Gasteiger partial charge in [0.15, 0.2) is 0 Å². The minimum Gasteiger partial charge on any atom is -1.00 e. The molecule has 5 aromatic carbocycles. The van der Waals surface area contributed by atoms with E-state index in [4.69, 9.17) is 0 Å². The molecular weight excluding hydrogens is 715 g/mol. The first-order valence-corrected chi connectivity index (χ1v) is 18.3. The first-order valence-electron chi connectivity index (χ1n) is 17.0. The Morgan fingerprint density at radius 1 is 0.612 bits per heavy atom. The second-order valence-electron chi connectivity index (χ2n) is 16.3. The molecule has 1 atom stereocenters. The van der Waals surface area contributed by atoms with Crippen LogP contribution in [0.4, 0.5) is 0 Å². The monoisotopic (exact) mass is 766 g/mol. The average Bonchev–Trinajstić information content (AvgIpc) is 3.59. The van der Waals surface area contributed by atoms with E-state index in [1.165, 1.54) is 63.7 Å². The van der Waals surface area contributed by atoms with Crippen LogP contribution < -0.4 is 24.8 Å². The van der Waals surface area contributed by atoms with E-state index in [0.29, 0.717) is 11.3 Å². The van der Waals surface area contributed by atoms with Gasteiger partial charge in [-0.15, -0.1) is 39.7 Å². The van der Waals surface area contributed by atoms with Crippen molar-refractivity contribution in [2.75, 3.05) is 0 Å². The Morgan fingerprint density at radius 3 is 1.24 bits per heavy atom. The molecule has 0 aliphatic heterocycles. The molecule has 1 aliphatic rings. The third kappa shape index (κ3) is 11.0. The second kappa shape index (κ2) is 17.2. The summed E-state index contributed by atoms with van der Waals surface area (Å²) in [7, 11) is 0. The van der Waals surface area contributed by atoms with Gasteiger partial charge in [-0.1, -0.05) is 153 Å². The molecule has 0 saturated carbocycles. The van der Waals surface area contributed by atoms with Gasteiger partial charge in [0.05, 0.1) is 0 Å². The van der Waals surface area contributed by atoms with Gasteiger partial charge >= 0.3 is 41.3 Å². The number of hydrogen-bond donors (Lipinski definition) is 0. The molecule has 6 rings (SSSR count).